The number of carbonyl (C=O) groups excluding carboxylic acids is 2. The standard InChI is InChI=1S/C25H28N2O6/c1-15(23(28)26-13-16-10-11-32-22(16)24(29)30)12-27-25(31)33-14-21-19-8-4-2-6-17(19)18-7-3-5-9-20(18)21/h2-9,15-16,21-22H,10-14H2,1H3,(H,26,28)(H,27,31)(H,29,30). The molecule has 1 aliphatic carbocycles. The van der Waals surface area contributed by atoms with Gasteiger partial charge in [0.05, 0.1) is 5.92 Å². The fraction of sp³-hybridized carbons (Fsp3) is 0.400. The molecule has 2 aliphatic rings. The van der Waals surface area contributed by atoms with Crippen molar-refractivity contribution in [1.82, 2.24) is 10.6 Å². The Kier molecular flexibility index (Phi) is 6.93. The van der Waals surface area contributed by atoms with E-state index in [1.807, 2.05) is 24.3 Å². The number of ether oxygens (including phenoxy) is 2. The number of alkyl carbamates (subject to hydrolysis) is 1. The predicted octanol–water partition coefficient (Wildman–Crippen LogP) is 2.77. The summed E-state index contributed by atoms with van der Waals surface area (Å²) in [4.78, 5) is 35.8. The highest BCUT2D eigenvalue weighted by atomic mass is 16.5. The van der Waals surface area contributed by atoms with Crippen molar-refractivity contribution in [3.05, 3.63) is 59.7 Å². The van der Waals surface area contributed by atoms with Crippen LogP contribution in [-0.2, 0) is 19.1 Å². The van der Waals surface area contributed by atoms with Gasteiger partial charge >= 0.3 is 12.1 Å². The minimum Gasteiger partial charge on any atom is -0.479 e. The second kappa shape index (κ2) is 10.0. The van der Waals surface area contributed by atoms with Crippen LogP contribution in [0.3, 0.4) is 0 Å². The number of fused-ring (bicyclic) bond motifs is 3. The van der Waals surface area contributed by atoms with Crippen molar-refractivity contribution in [1.29, 1.82) is 0 Å². The van der Waals surface area contributed by atoms with Crippen LogP contribution >= 0.6 is 0 Å². The summed E-state index contributed by atoms with van der Waals surface area (Å²) >= 11 is 0. The molecule has 1 heterocycles. The van der Waals surface area contributed by atoms with Gasteiger partial charge in [-0.25, -0.2) is 9.59 Å². The Morgan fingerprint density at radius 3 is 2.33 bits per heavy atom. The molecule has 1 fully saturated rings. The molecule has 174 valence electrons. The monoisotopic (exact) mass is 452 g/mol. The van der Waals surface area contributed by atoms with E-state index in [-0.39, 0.29) is 37.4 Å². The van der Waals surface area contributed by atoms with E-state index in [2.05, 4.69) is 34.9 Å². The maximum atomic E-state index is 12.3. The van der Waals surface area contributed by atoms with Gasteiger partial charge in [0.15, 0.2) is 6.10 Å². The molecule has 33 heavy (non-hydrogen) atoms. The highest BCUT2D eigenvalue weighted by Crippen LogP contribution is 2.44. The average Bonchev–Trinajstić information content (AvgIpc) is 3.42. The van der Waals surface area contributed by atoms with Crippen molar-refractivity contribution >= 4 is 18.0 Å². The van der Waals surface area contributed by atoms with Crippen LogP contribution in [0.25, 0.3) is 11.1 Å². The Morgan fingerprint density at radius 2 is 1.70 bits per heavy atom. The van der Waals surface area contributed by atoms with Crippen molar-refractivity contribution in [2.75, 3.05) is 26.3 Å². The summed E-state index contributed by atoms with van der Waals surface area (Å²) in [6, 6.07) is 16.2. The molecule has 3 atom stereocenters. The Labute approximate surface area is 192 Å². The quantitative estimate of drug-likeness (QED) is 0.568. The topological polar surface area (TPSA) is 114 Å². The number of carboxylic acid groups (broad SMARTS) is 1. The lowest BCUT2D eigenvalue weighted by Crippen LogP contribution is -2.41. The third kappa shape index (κ3) is 5.01. The number of hydrogen-bond acceptors (Lipinski definition) is 5. The normalized spacial score (nSPS) is 19.9. The zero-order valence-corrected chi connectivity index (χ0v) is 18.5. The number of rotatable bonds is 8. The van der Waals surface area contributed by atoms with E-state index < -0.39 is 24.1 Å². The highest BCUT2D eigenvalue weighted by molar-refractivity contribution is 5.80. The maximum Gasteiger partial charge on any atom is 0.407 e. The molecular weight excluding hydrogens is 424 g/mol. The molecule has 0 saturated carbocycles. The molecule has 1 saturated heterocycles. The van der Waals surface area contributed by atoms with E-state index in [0.717, 1.165) is 22.3 Å². The van der Waals surface area contributed by atoms with Gasteiger partial charge in [-0.3, -0.25) is 4.79 Å². The molecule has 0 spiro atoms. The SMILES string of the molecule is CC(CNC(=O)OCC1c2ccccc2-c2ccccc21)C(=O)NCC1CCOC1C(=O)O. The van der Waals surface area contributed by atoms with Crippen LogP contribution in [-0.4, -0.2) is 55.5 Å². The van der Waals surface area contributed by atoms with Crippen molar-refractivity contribution < 1.29 is 29.0 Å². The number of nitrogens with one attached hydrogen (secondary N) is 2. The molecule has 2 amide bonds. The maximum absolute atomic E-state index is 12.3. The number of carbonyl (C=O) groups is 3. The third-order valence-corrected chi connectivity index (χ3v) is 6.34. The van der Waals surface area contributed by atoms with Crippen LogP contribution < -0.4 is 10.6 Å². The summed E-state index contributed by atoms with van der Waals surface area (Å²) < 4.78 is 10.7. The Morgan fingerprint density at radius 1 is 1.06 bits per heavy atom. The first-order valence-corrected chi connectivity index (χ1v) is 11.2. The van der Waals surface area contributed by atoms with E-state index in [0.29, 0.717) is 13.0 Å². The molecule has 0 bridgehead atoms. The summed E-state index contributed by atoms with van der Waals surface area (Å²) in [6.07, 6.45) is -0.880. The van der Waals surface area contributed by atoms with E-state index >= 15 is 0 Å². The molecule has 4 rings (SSSR count). The van der Waals surface area contributed by atoms with Crippen LogP contribution in [0.2, 0.25) is 0 Å². The minimum atomic E-state index is -1.02. The van der Waals surface area contributed by atoms with Gasteiger partial charge in [0.1, 0.15) is 6.61 Å². The Hall–Kier alpha value is -3.39. The van der Waals surface area contributed by atoms with Gasteiger partial charge in [-0.2, -0.15) is 0 Å². The first-order chi connectivity index (χ1) is 16.0. The van der Waals surface area contributed by atoms with Gasteiger partial charge in [-0.1, -0.05) is 55.5 Å². The second-order valence-corrected chi connectivity index (χ2v) is 8.53. The van der Waals surface area contributed by atoms with Crippen molar-refractivity contribution in [3.63, 3.8) is 0 Å². The molecule has 8 nitrogen and oxygen atoms in total. The first kappa shape index (κ1) is 22.8. The fourth-order valence-electron chi connectivity index (χ4n) is 4.50. The van der Waals surface area contributed by atoms with Crippen molar-refractivity contribution in [2.24, 2.45) is 11.8 Å². The summed E-state index contributed by atoms with van der Waals surface area (Å²) in [5.74, 6) is -2.05. The molecule has 1 aliphatic heterocycles. The molecule has 2 aromatic rings. The van der Waals surface area contributed by atoms with E-state index in [9.17, 15) is 14.4 Å². The predicted molar refractivity (Wildman–Crippen MR) is 121 cm³/mol. The minimum absolute atomic E-state index is 0.0281. The summed E-state index contributed by atoms with van der Waals surface area (Å²) in [6.45, 7) is 2.62. The van der Waals surface area contributed by atoms with Gasteiger partial charge in [0, 0.05) is 31.5 Å². The Bertz CT molecular complexity index is 994. The first-order valence-electron chi connectivity index (χ1n) is 11.2. The number of carboxylic acids is 1. The molecule has 3 N–H and O–H groups in total. The molecule has 0 aromatic heterocycles. The number of benzene rings is 2. The van der Waals surface area contributed by atoms with Crippen molar-refractivity contribution in [2.45, 2.75) is 25.4 Å². The lowest BCUT2D eigenvalue weighted by molar-refractivity contribution is -0.149. The summed E-state index contributed by atoms with van der Waals surface area (Å²) in [5, 5.41) is 14.5. The molecular formula is C25H28N2O6. The molecule has 8 heteroatoms. The average molecular weight is 453 g/mol. The van der Waals surface area contributed by atoms with Crippen LogP contribution in [0.1, 0.15) is 30.4 Å². The van der Waals surface area contributed by atoms with Crippen LogP contribution in [0.15, 0.2) is 48.5 Å². The van der Waals surface area contributed by atoms with Crippen LogP contribution in [0.5, 0.6) is 0 Å². The van der Waals surface area contributed by atoms with Gasteiger partial charge in [-0.15, -0.1) is 0 Å². The van der Waals surface area contributed by atoms with Crippen LogP contribution in [0.4, 0.5) is 4.79 Å². The van der Waals surface area contributed by atoms with E-state index in [1.165, 1.54) is 0 Å². The Balaban J connectivity index is 1.24. The molecule has 3 unspecified atom stereocenters. The number of amides is 2. The van der Waals surface area contributed by atoms with Gasteiger partial charge < -0.3 is 25.2 Å². The number of hydrogen-bond donors (Lipinski definition) is 3. The van der Waals surface area contributed by atoms with E-state index in [1.54, 1.807) is 6.92 Å². The van der Waals surface area contributed by atoms with Gasteiger partial charge in [-0.05, 0) is 28.7 Å². The van der Waals surface area contributed by atoms with Crippen molar-refractivity contribution in [3.8, 4) is 11.1 Å². The smallest absolute Gasteiger partial charge is 0.407 e. The molecule has 2 aromatic carbocycles. The summed E-state index contributed by atoms with van der Waals surface area (Å²) in [5.41, 5.74) is 4.58. The van der Waals surface area contributed by atoms with E-state index in [4.69, 9.17) is 14.6 Å². The zero-order chi connectivity index (χ0) is 23.4. The van der Waals surface area contributed by atoms with Crippen LogP contribution in [0, 0.1) is 11.8 Å². The van der Waals surface area contributed by atoms with Gasteiger partial charge in [0.25, 0.3) is 0 Å². The highest BCUT2D eigenvalue weighted by Gasteiger charge is 2.34. The lowest BCUT2D eigenvalue weighted by atomic mass is 9.98. The zero-order valence-electron chi connectivity index (χ0n) is 18.5. The largest absolute Gasteiger partial charge is 0.479 e. The number of aliphatic carboxylic acids is 1. The lowest BCUT2D eigenvalue weighted by Gasteiger charge is -2.18. The third-order valence-electron chi connectivity index (χ3n) is 6.34. The molecule has 0 radical (unpaired) electrons. The summed E-state index contributed by atoms with van der Waals surface area (Å²) in [7, 11) is 0. The fourth-order valence-corrected chi connectivity index (χ4v) is 4.50. The van der Waals surface area contributed by atoms with Gasteiger partial charge in [0.2, 0.25) is 5.91 Å². The second-order valence-electron chi connectivity index (χ2n) is 8.53.